The van der Waals surface area contributed by atoms with Gasteiger partial charge in [0.2, 0.25) is 0 Å². The molecule has 0 saturated heterocycles. The van der Waals surface area contributed by atoms with Crippen LogP contribution in [0, 0.1) is 28.6 Å². The lowest BCUT2D eigenvalue weighted by molar-refractivity contribution is -0.190. The Kier molecular flexibility index (Phi) is 4.10. The fourth-order valence-corrected chi connectivity index (χ4v) is 6.96. The van der Waals surface area contributed by atoms with Gasteiger partial charge in [-0.1, -0.05) is 25.5 Å². The molecule has 0 aromatic rings. The molecule has 4 N–H and O–H groups in total. The molecule has 3 saturated carbocycles. The maximum Gasteiger partial charge on any atom is 0.192 e. The number of Topliss-reactive ketones (excluding diaryl/α,β-unsaturated/α-hetero) is 1. The summed E-state index contributed by atoms with van der Waals surface area (Å²) in [5.41, 5.74) is -2.46. The maximum atomic E-state index is 12.4. The lowest BCUT2D eigenvalue weighted by atomic mass is 9.46. The second kappa shape index (κ2) is 5.83. The van der Waals surface area contributed by atoms with Crippen molar-refractivity contribution in [3.63, 3.8) is 0 Å². The number of aliphatic hydroxyl groups excluding tert-OH is 3. The average Bonchev–Trinajstić information content (AvgIpc) is 2.82. The first kappa shape index (κ1) is 19.0. The molecule has 0 amide bonds. The Morgan fingerprint density at radius 3 is 2.67 bits per heavy atom. The molecule has 148 valence electrons. The predicted molar refractivity (Wildman–Crippen MR) is 96.4 cm³/mol. The Morgan fingerprint density at radius 2 is 2.00 bits per heavy atom. The van der Waals surface area contributed by atoms with Crippen molar-refractivity contribution in [3.8, 4) is 0 Å². The van der Waals surface area contributed by atoms with Crippen molar-refractivity contribution >= 4 is 11.6 Å². The molecule has 4 rings (SSSR count). The number of hydrogen-bond acceptors (Lipinski definition) is 6. The minimum absolute atomic E-state index is 0.00826. The van der Waals surface area contributed by atoms with Gasteiger partial charge in [0, 0.05) is 16.7 Å². The van der Waals surface area contributed by atoms with E-state index >= 15 is 0 Å². The minimum atomic E-state index is -2.05. The van der Waals surface area contributed by atoms with Crippen LogP contribution in [-0.2, 0) is 9.59 Å². The summed E-state index contributed by atoms with van der Waals surface area (Å²) in [7, 11) is 0. The molecule has 0 aliphatic heterocycles. The molecule has 0 heterocycles. The van der Waals surface area contributed by atoms with Gasteiger partial charge in [0.15, 0.2) is 17.2 Å². The van der Waals surface area contributed by atoms with Gasteiger partial charge in [-0.25, -0.2) is 0 Å². The summed E-state index contributed by atoms with van der Waals surface area (Å²) in [5, 5.41) is 42.3. The van der Waals surface area contributed by atoms with Crippen molar-refractivity contribution in [2.75, 3.05) is 6.61 Å². The molecule has 0 aromatic heterocycles. The van der Waals surface area contributed by atoms with Crippen molar-refractivity contribution in [1.29, 1.82) is 0 Å². The van der Waals surface area contributed by atoms with Crippen LogP contribution >= 0.6 is 0 Å². The molecule has 3 fully saturated rings. The lowest BCUT2D eigenvalue weighted by Gasteiger charge is -2.59. The third-order valence-electron chi connectivity index (χ3n) is 8.28. The zero-order valence-corrected chi connectivity index (χ0v) is 15.8. The highest BCUT2D eigenvalue weighted by molar-refractivity contribution is 6.01. The van der Waals surface area contributed by atoms with Crippen molar-refractivity contribution in [2.45, 2.75) is 57.3 Å². The number of ketones is 2. The van der Waals surface area contributed by atoms with Gasteiger partial charge < -0.3 is 20.4 Å². The zero-order chi connectivity index (χ0) is 19.8. The number of carbonyl (C=O) groups excluding carboxylic acids is 2. The van der Waals surface area contributed by atoms with Crippen LogP contribution in [0.25, 0.3) is 0 Å². The summed E-state index contributed by atoms with van der Waals surface area (Å²) in [5.74, 6) is -1.09. The van der Waals surface area contributed by atoms with Crippen molar-refractivity contribution in [2.24, 2.45) is 28.6 Å². The number of allylic oxidation sites excluding steroid dienone is 4. The summed E-state index contributed by atoms with van der Waals surface area (Å²) in [6, 6.07) is 0. The minimum Gasteiger partial charge on any atom is -0.393 e. The van der Waals surface area contributed by atoms with Crippen molar-refractivity contribution < 1.29 is 30.0 Å². The third kappa shape index (κ3) is 2.21. The number of hydrogen-bond donors (Lipinski definition) is 4. The van der Waals surface area contributed by atoms with Crippen molar-refractivity contribution in [1.82, 2.24) is 0 Å². The molecule has 4 aliphatic carbocycles. The van der Waals surface area contributed by atoms with Crippen LogP contribution in [0.15, 0.2) is 23.8 Å². The van der Waals surface area contributed by atoms with Gasteiger partial charge in [-0.05, 0) is 49.7 Å². The zero-order valence-electron chi connectivity index (χ0n) is 15.8. The molecule has 0 unspecified atom stereocenters. The quantitative estimate of drug-likeness (QED) is 0.559. The Balaban J connectivity index is 1.78. The molecule has 8 atom stereocenters. The normalized spacial score (nSPS) is 51.3. The fourth-order valence-electron chi connectivity index (χ4n) is 6.96. The van der Waals surface area contributed by atoms with E-state index in [0.29, 0.717) is 0 Å². The molecule has 0 bridgehead atoms. The summed E-state index contributed by atoms with van der Waals surface area (Å²) in [4.78, 5) is 24.2. The van der Waals surface area contributed by atoms with E-state index < -0.39 is 41.0 Å². The van der Waals surface area contributed by atoms with Crippen LogP contribution in [0.3, 0.4) is 0 Å². The van der Waals surface area contributed by atoms with Crippen LogP contribution < -0.4 is 0 Å². The first-order valence-corrected chi connectivity index (χ1v) is 9.76. The summed E-state index contributed by atoms with van der Waals surface area (Å²) in [6.45, 7) is 2.96. The van der Waals surface area contributed by atoms with E-state index in [4.69, 9.17) is 0 Å². The van der Waals surface area contributed by atoms with E-state index in [1.54, 1.807) is 19.1 Å². The van der Waals surface area contributed by atoms with Gasteiger partial charge in [0.1, 0.15) is 6.61 Å². The highest BCUT2D eigenvalue weighted by Gasteiger charge is 2.71. The van der Waals surface area contributed by atoms with E-state index in [9.17, 15) is 30.0 Å². The molecular weight excluding hydrogens is 348 g/mol. The molecular formula is C21H28O6. The van der Waals surface area contributed by atoms with Gasteiger partial charge in [0.05, 0.1) is 12.2 Å². The Hall–Kier alpha value is -1.34. The smallest absolute Gasteiger partial charge is 0.192 e. The second-order valence-corrected chi connectivity index (χ2v) is 9.31. The lowest BCUT2D eigenvalue weighted by Crippen LogP contribution is -2.63. The van der Waals surface area contributed by atoms with Crippen LogP contribution in [0.5, 0.6) is 0 Å². The van der Waals surface area contributed by atoms with E-state index in [-0.39, 0.29) is 36.4 Å². The van der Waals surface area contributed by atoms with Crippen LogP contribution in [0.4, 0.5) is 0 Å². The number of rotatable bonds is 2. The Labute approximate surface area is 158 Å². The molecule has 27 heavy (non-hydrogen) atoms. The molecule has 4 aliphatic rings. The highest BCUT2D eigenvalue weighted by Crippen LogP contribution is 2.67. The SMILES string of the molecule is C[C@]12C=CC(=O)C=C1CC[C@H]1[C@H]2[C@@H](O)C[C@@]2(C)[C@H]1C[C@@H](O)[C@]2(O)C(=O)CO. The molecule has 6 nitrogen and oxygen atoms in total. The monoisotopic (exact) mass is 376 g/mol. The highest BCUT2D eigenvalue weighted by atomic mass is 16.4. The molecule has 0 aromatic carbocycles. The molecule has 6 heteroatoms. The summed E-state index contributed by atoms with van der Waals surface area (Å²) >= 11 is 0. The summed E-state index contributed by atoms with van der Waals surface area (Å²) in [6.07, 6.45) is 4.97. The van der Waals surface area contributed by atoms with Gasteiger partial charge in [-0.3, -0.25) is 9.59 Å². The van der Waals surface area contributed by atoms with Gasteiger partial charge in [-0.2, -0.15) is 0 Å². The van der Waals surface area contributed by atoms with E-state index in [1.807, 2.05) is 13.0 Å². The largest absolute Gasteiger partial charge is 0.393 e. The Morgan fingerprint density at radius 1 is 1.30 bits per heavy atom. The number of fused-ring (bicyclic) bond motifs is 5. The number of carbonyl (C=O) groups is 2. The van der Waals surface area contributed by atoms with Gasteiger partial charge >= 0.3 is 0 Å². The van der Waals surface area contributed by atoms with Gasteiger partial charge in [-0.15, -0.1) is 0 Å². The summed E-state index contributed by atoms with van der Waals surface area (Å²) < 4.78 is 0. The van der Waals surface area contributed by atoms with Crippen LogP contribution in [0.2, 0.25) is 0 Å². The van der Waals surface area contributed by atoms with Crippen LogP contribution in [0.1, 0.15) is 39.5 Å². The third-order valence-corrected chi connectivity index (χ3v) is 8.28. The standard InChI is InChI=1S/C21H28O6/c1-19-6-5-12(23)7-11(19)3-4-13-14-8-16(25)21(27,17(26)10-22)20(14,2)9-15(24)18(13)19/h5-7,13-16,18,22,24-25,27H,3-4,8-10H2,1-2H3/t13-,14+,15+,16-,18+,19+,20+,21+/m1/s1. The number of aliphatic hydroxyl groups is 4. The second-order valence-electron chi connectivity index (χ2n) is 9.31. The Bertz CT molecular complexity index is 756. The fraction of sp³-hybridized carbons (Fsp3) is 0.714. The molecule has 0 radical (unpaired) electrons. The van der Waals surface area contributed by atoms with E-state index in [0.717, 1.165) is 18.4 Å². The molecule has 0 spiro atoms. The van der Waals surface area contributed by atoms with Crippen molar-refractivity contribution in [3.05, 3.63) is 23.8 Å². The predicted octanol–water partition coefficient (Wildman–Crippen LogP) is 0.528. The topological polar surface area (TPSA) is 115 Å². The first-order valence-electron chi connectivity index (χ1n) is 9.76. The average molecular weight is 376 g/mol. The van der Waals surface area contributed by atoms with Crippen LogP contribution in [-0.4, -0.2) is 56.4 Å². The van der Waals surface area contributed by atoms with E-state index in [2.05, 4.69) is 0 Å². The first-order chi connectivity index (χ1) is 12.6. The maximum absolute atomic E-state index is 12.4. The van der Waals surface area contributed by atoms with E-state index in [1.165, 1.54) is 0 Å². The van der Waals surface area contributed by atoms with Gasteiger partial charge in [0.25, 0.3) is 0 Å².